The number of carbonyl (C=O) groups excluding carboxylic acids is 2. The Morgan fingerprint density at radius 1 is 1.29 bits per heavy atom. The van der Waals surface area contributed by atoms with Crippen molar-refractivity contribution in [3.05, 3.63) is 22.5 Å². The van der Waals surface area contributed by atoms with Crippen molar-refractivity contribution in [2.75, 3.05) is 32.8 Å². The normalized spacial score (nSPS) is 15.9. The van der Waals surface area contributed by atoms with E-state index in [1.165, 1.54) is 10.9 Å². The molecule has 0 spiro atoms. The Hall–Kier alpha value is -2.65. The van der Waals surface area contributed by atoms with Crippen LogP contribution in [-0.4, -0.2) is 69.3 Å². The van der Waals surface area contributed by atoms with Gasteiger partial charge in [0.1, 0.15) is 18.4 Å². The van der Waals surface area contributed by atoms with Gasteiger partial charge in [0.2, 0.25) is 5.91 Å². The first kappa shape index (κ1) is 17.7. The average Bonchev–Trinajstić information content (AvgIpc) is 3.06. The fourth-order valence-corrected chi connectivity index (χ4v) is 2.60. The average molecular weight is 339 g/mol. The molecule has 2 rings (SSSR count). The van der Waals surface area contributed by atoms with Crippen LogP contribution in [0.25, 0.3) is 0 Å². The summed E-state index contributed by atoms with van der Waals surface area (Å²) in [5.41, 5.74) is -0.145. The van der Waals surface area contributed by atoms with Gasteiger partial charge in [-0.25, -0.2) is 4.79 Å². The smallest absolute Gasteiger partial charge is 0.409 e. The molecule has 2 heterocycles. The molecule has 1 unspecified atom stereocenters. The van der Waals surface area contributed by atoms with Crippen molar-refractivity contribution in [1.29, 1.82) is 0 Å². The summed E-state index contributed by atoms with van der Waals surface area (Å²) in [6.45, 7) is 5.49. The van der Waals surface area contributed by atoms with E-state index in [1.54, 1.807) is 16.7 Å². The summed E-state index contributed by atoms with van der Waals surface area (Å²) < 4.78 is 6.28. The molecule has 24 heavy (non-hydrogen) atoms. The summed E-state index contributed by atoms with van der Waals surface area (Å²) in [4.78, 5) is 37.8. The largest absolute Gasteiger partial charge is 0.450 e. The summed E-state index contributed by atoms with van der Waals surface area (Å²) in [6.07, 6.45) is 2.49. The number of nitro groups is 1. The van der Waals surface area contributed by atoms with Gasteiger partial charge in [0.15, 0.2) is 0 Å². The highest BCUT2D eigenvalue weighted by molar-refractivity contribution is 5.80. The van der Waals surface area contributed by atoms with Gasteiger partial charge < -0.3 is 14.5 Å². The molecule has 0 radical (unpaired) electrons. The highest BCUT2D eigenvalue weighted by Crippen LogP contribution is 2.19. The first-order valence-corrected chi connectivity index (χ1v) is 7.87. The first-order valence-electron chi connectivity index (χ1n) is 7.87. The predicted octanol–water partition coefficient (Wildman–Crippen LogP) is 1.04. The molecule has 1 atom stereocenters. The molecular weight excluding hydrogens is 318 g/mol. The summed E-state index contributed by atoms with van der Waals surface area (Å²) in [6, 6.07) is -0.590. The van der Waals surface area contributed by atoms with Gasteiger partial charge in [-0.15, -0.1) is 0 Å². The molecule has 1 aromatic rings. The molecule has 1 aliphatic heterocycles. The van der Waals surface area contributed by atoms with Gasteiger partial charge in [0.05, 0.1) is 11.5 Å². The van der Waals surface area contributed by atoms with Crippen LogP contribution >= 0.6 is 0 Å². The predicted molar refractivity (Wildman–Crippen MR) is 83.4 cm³/mol. The van der Waals surface area contributed by atoms with Gasteiger partial charge in [0, 0.05) is 26.2 Å². The Morgan fingerprint density at radius 2 is 1.92 bits per heavy atom. The van der Waals surface area contributed by atoms with Crippen LogP contribution < -0.4 is 0 Å². The van der Waals surface area contributed by atoms with E-state index in [4.69, 9.17) is 4.74 Å². The van der Waals surface area contributed by atoms with Crippen molar-refractivity contribution < 1.29 is 19.2 Å². The third kappa shape index (κ3) is 3.81. The van der Waals surface area contributed by atoms with E-state index in [9.17, 15) is 19.7 Å². The number of carbonyl (C=O) groups is 2. The van der Waals surface area contributed by atoms with Crippen molar-refractivity contribution in [2.45, 2.75) is 26.3 Å². The highest BCUT2D eigenvalue weighted by Gasteiger charge is 2.30. The van der Waals surface area contributed by atoms with Crippen LogP contribution in [0.2, 0.25) is 0 Å². The summed E-state index contributed by atoms with van der Waals surface area (Å²) in [5, 5.41) is 14.7. The molecule has 1 saturated heterocycles. The van der Waals surface area contributed by atoms with Crippen LogP contribution in [0.1, 0.15) is 26.3 Å². The Labute approximate surface area is 139 Å². The van der Waals surface area contributed by atoms with Crippen LogP contribution in [-0.2, 0) is 9.53 Å². The number of nitrogens with zero attached hydrogens (tertiary/aromatic N) is 5. The van der Waals surface area contributed by atoms with Crippen molar-refractivity contribution in [2.24, 2.45) is 0 Å². The van der Waals surface area contributed by atoms with E-state index in [2.05, 4.69) is 5.10 Å². The lowest BCUT2D eigenvalue weighted by Gasteiger charge is -2.35. The van der Waals surface area contributed by atoms with Gasteiger partial charge in [-0.1, -0.05) is 6.92 Å². The lowest BCUT2D eigenvalue weighted by molar-refractivity contribution is -0.385. The number of hydrogen-bond acceptors (Lipinski definition) is 6. The molecular formula is C14H21N5O5. The van der Waals surface area contributed by atoms with Crippen molar-refractivity contribution >= 4 is 17.7 Å². The topological polar surface area (TPSA) is 111 Å². The molecule has 1 aromatic heterocycles. The standard InChI is InChI=1S/C14H21N5O5/c1-3-12(18-10-11(9-15-18)19(22)23)13(20)16-5-7-17(8-6-16)14(21)24-4-2/h9-10,12H,3-8H2,1-2H3. The van der Waals surface area contributed by atoms with E-state index >= 15 is 0 Å². The SMILES string of the molecule is CCOC(=O)N1CCN(C(=O)C(CC)n2cc([N+](=O)[O-])cn2)CC1. The lowest BCUT2D eigenvalue weighted by atomic mass is 10.2. The molecule has 10 heteroatoms. The molecule has 10 nitrogen and oxygen atoms in total. The monoisotopic (exact) mass is 339 g/mol. The van der Waals surface area contributed by atoms with Gasteiger partial charge in [-0.05, 0) is 13.3 Å². The van der Waals surface area contributed by atoms with Gasteiger partial charge in [0.25, 0.3) is 0 Å². The van der Waals surface area contributed by atoms with E-state index in [0.29, 0.717) is 39.2 Å². The van der Waals surface area contributed by atoms with Crippen molar-refractivity contribution in [1.82, 2.24) is 19.6 Å². The maximum atomic E-state index is 12.7. The number of rotatable bonds is 5. The van der Waals surface area contributed by atoms with Gasteiger partial charge in [-0.2, -0.15) is 5.10 Å². The van der Waals surface area contributed by atoms with E-state index in [1.807, 2.05) is 6.92 Å². The van der Waals surface area contributed by atoms with Crippen molar-refractivity contribution in [3.63, 3.8) is 0 Å². The van der Waals surface area contributed by atoms with Crippen LogP contribution in [0.15, 0.2) is 12.4 Å². The number of aromatic nitrogens is 2. The fraction of sp³-hybridized carbons (Fsp3) is 0.643. The third-order valence-electron chi connectivity index (χ3n) is 3.91. The molecule has 0 saturated carbocycles. The zero-order chi connectivity index (χ0) is 17.7. The number of piperazine rings is 1. The van der Waals surface area contributed by atoms with Crippen LogP contribution in [0, 0.1) is 10.1 Å². The number of ether oxygens (including phenoxy) is 1. The van der Waals surface area contributed by atoms with Crippen LogP contribution in [0.3, 0.4) is 0 Å². The first-order chi connectivity index (χ1) is 11.5. The minimum absolute atomic E-state index is 0.145. The fourth-order valence-electron chi connectivity index (χ4n) is 2.60. The van der Waals surface area contributed by atoms with Gasteiger partial charge >= 0.3 is 11.8 Å². The molecule has 0 aliphatic carbocycles. The Kier molecular flexibility index (Phi) is 5.72. The zero-order valence-corrected chi connectivity index (χ0v) is 13.8. The van der Waals surface area contributed by atoms with Crippen LogP contribution in [0.4, 0.5) is 10.5 Å². The van der Waals surface area contributed by atoms with Crippen LogP contribution in [0.5, 0.6) is 0 Å². The molecule has 1 aliphatic rings. The Morgan fingerprint density at radius 3 is 2.42 bits per heavy atom. The second-order valence-electron chi connectivity index (χ2n) is 5.37. The Bertz CT molecular complexity index is 608. The van der Waals surface area contributed by atoms with E-state index in [-0.39, 0.29) is 17.7 Å². The second-order valence-corrected chi connectivity index (χ2v) is 5.37. The highest BCUT2D eigenvalue weighted by atomic mass is 16.6. The quantitative estimate of drug-likeness (QED) is 0.585. The Balaban J connectivity index is 1.99. The summed E-state index contributed by atoms with van der Waals surface area (Å²) in [7, 11) is 0. The van der Waals surface area contributed by atoms with E-state index < -0.39 is 11.0 Å². The number of hydrogen-bond donors (Lipinski definition) is 0. The maximum absolute atomic E-state index is 12.7. The summed E-state index contributed by atoms with van der Waals surface area (Å²) in [5.74, 6) is -0.154. The molecule has 0 bridgehead atoms. The zero-order valence-electron chi connectivity index (χ0n) is 13.8. The molecule has 1 fully saturated rings. The maximum Gasteiger partial charge on any atom is 0.409 e. The van der Waals surface area contributed by atoms with Gasteiger partial charge in [-0.3, -0.25) is 19.6 Å². The minimum atomic E-state index is -0.590. The number of amides is 2. The lowest BCUT2D eigenvalue weighted by Crippen LogP contribution is -2.52. The molecule has 132 valence electrons. The molecule has 0 N–H and O–H groups in total. The van der Waals surface area contributed by atoms with Crippen molar-refractivity contribution in [3.8, 4) is 0 Å². The third-order valence-corrected chi connectivity index (χ3v) is 3.91. The summed E-state index contributed by atoms with van der Waals surface area (Å²) >= 11 is 0. The minimum Gasteiger partial charge on any atom is -0.450 e. The van der Waals surface area contributed by atoms with E-state index in [0.717, 1.165) is 6.20 Å². The molecule has 2 amide bonds. The molecule has 0 aromatic carbocycles. The second kappa shape index (κ2) is 7.75.